The second-order valence-electron chi connectivity index (χ2n) is 5.72. The lowest BCUT2D eigenvalue weighted by molar-refractivity contribution is 0.218. The molecule has 2 unspecified atom stereocenters. The Balaban J connectivity index is 2.25. The van der Waals surface area contributed by atoms with Crippen LogP contribution >= 0.6 is 22.9 Å². The fourth-order valence-electron chi connectivity index (χ4n) is 2.43. The molecule has 0 amide bonds. The second kappa shape index (κ2) is 7.81. The number of halogens is 1. The molecular formula is C15H20ClNO4S2. The molecule has 0 aliphatic heterocycles. The summed E-state index contributed by atoms with van der Waals surface area (Å²) in [6, 6.07) is 5.87. The van der Waals surface area contributed by atoms with Crippen LogP contribution in [0.1, 0.15) is 31.9 Å². The van der Waals surface area contributed by atoms with Gasteiger partial charge < -0.3 is 9.52 Å². The van der Waals surface area contributed by atoms with Crippen molar-refractivity contribution in [1.82, 2.24) is 4.72 Å². The Morgan fingerprint density at radius 1 is 1.35 bits per heavy atom. The van der Waals surface area contributed by atoms with Gasteiger partial charge in [-0.3, -0.25) is 0 Å². The van der Waals surface area contributed by atoms with Crippen LogP contribution in [-0.4, -0.2) is 26.2 Å². The van der Waals surface area contributed by atoms with Crippen LogP contribution in [0.2, 0.25) is 4.34 Å². The van der Waals surface area contributed by atoms with Gasteiger partial charge in [-0.25, -0.2) is 13.1 Å². The molecular weight excluding hydrogens is 358 g/mol. The molecule has 23 heavy (non-hydrogen) atoms. The number of rotatable bonds is 8. The number of furan rings is 1. The SMILES string of the molecule is CC(C)CC(c1ccco1)C(CO)NS(=O)(=O)c1ccc(Cl)s1. The van der Waals surface area contributed by atoms with Crippen molar-refractivity contribution in [2.45, 2.75) is 36.4 Å². The molecule has 2 aromatic heterocycles. The third-order valence-corrected chi connectivity index (χ3v) is 6.65. The molecule has 0 saturated heterocycles. The summed E-state index contributed by atoms with van der Waals surface area (Å²) in [4.78, 5) is 0. The van der Waals surface area contributed by atoms with E-state index < -0.39 is 16.1 Å². The van der Waals surface area contributed by atoms with Crippen molar-refractivity contribution in [1.29, 1.82) is 0 Å². The van der Waals surface area contributed by atoms with Gasteiger partial charge in [-0.05, 0) is 36.6 Å². The summed E-state index contributed by atoms with van der Waals surface area (Å²) >= 11 is 6.79. The van der Waals surface area contributed by atoms with E-state index in [2.05, 4.69) is 4.72 Å². The van der Waals surface area contributed by atoms with E-state index in [0.717, 1.165) is 11.3 Å². The van der Waals surface area contributed by atoms with Gasteiger partial charge in [-0.1, -0.05) is 25.4 Å². The number of nitrogens with one attached hydrogen (secondary N) is 1. The van der Waals surface area contributed by atoms with Gasteiger partial charge in [0.05, 0.1) is 23.2 Å². The van der Waals surface area contributed by atoms with E-state index in [0.29, 0.717) is 22.4 Å². The molecule has 5 nitrogen and oxygen atoms in total. The monoisotopic (exact) mass is 377 g/mol. The zero-order valence-corrected chi connectivity index (χ0v) is 15.3. The minimum atomic E-state index is -3.74. The lowest BCUT2D eigenvalue weighted by atomic mass is 9.89. The minimum Gasteiger partial charge on any atom is -0.469 e. The van der Waals surface area contributed by atoms with Crippen molar-refractivity contribution in [3.63, 3.8) is 0 Å². The predicted octanol–water partition coefficient (Wildman–Crippen LogP) is 3.46. The highest BCUT2D eigenvalue weighted by Crippen LogP contribution is 2.30. The number of hydrogen-bond acceptors (Lipinski definition) is 5. The molecule has 0 fully saturated rings. The standard InChI is InChI=1S/C15H20ClNO4S2/c1-10(2)8-11(13-4-3-7-21-13)12(9-18)17-23(19,20)15-6-5-14(16)22-15/h3-7,10-12,17-18H,8-9H2,1-2H3. The first kappa shape index (κ1) is 18.5. The quantitative estimate of drug-likeness (QED) is 0.738. The molecule has 0 aliphatic rings. The van der Waals surface area contributed by atoms with Gasteiger partial charge in [0.1, 0.15) is 9.97 Å². The van der Waals surface area contributed by atoms with Crippen LogP contribution in [0.4, 0.5) is 0 Å². The number of thiophene rings is 1. The van der Waals surface area contributed by atoms with Crippen LogP contribution in [0.5, 0.6) is 0 Å². The van der Waals surface area contributed by atoms with E-state index in [1.165, 1.54) is 12.1 Å². The number of aliphatic hydroxyl groups excluding tert-OH is 1. The summed E-state index contributed by atoms with van der Waals surface area (Å²) in [6.45, 7) is 3.76. The molecule has 8 heteroatoms. The Morgan fingerprint density at radius 3 is 2.57 bits per heavy atom. The van der Waals surface area contributed by atoms with E-state index in [9.17, 15) is 13.5 Å². The van der Waals surface area contributed by atoms with Crippen molar-refractivity contribution >= 4 is 33.0 Å². The molecule has 2 N–H and O–H groups in total. The van der Waals surface area contributed by atoms with Gasteiger partial charge in [0, 0.05) is 5.92 Å². The highest BCUT2D eigenvalue weighted by atomic mass is 35.5. The highest BCUT2D eigenvalue weighted by molar-refractivity contribution is 7.91. The topological polar surface area (TPSA) is 79.5 Å². The molecule has 0 saturated carbocycles. The molecule has 0 spiro atoms. The van der Waals surface area contributed by atoms with Crippen LogP contribution in [0.3, 0.4) is 0 Å². The van der Waals surface area contributed by atoms with Gasteiger partial charge in [-0.2, -0.15) is 0 Å². The maximum Gasteiger partial charge on any atom is 0.250 e. The Hall–Kier alpha value is -0.860. The summed E-state index contributed by atoms with van der Waals surface area (Å²) in [5.74, 6) is 0.727. The van der Waals surface area contributed by atoms with Gasteiger partial charge in [0.2, 0.25) is 10.0 Å². The third-order valence-electron chi connectivity index (χ3n) is 3.44. The average molecular weight is 378 g/mol. The first-order chi connectivity index (χ1) is 10.8. The number of sulfonamides is 1. The largest absolute Gasteiger partial charge is 0.469 e. The summed E-state index contributed by atoms with van der Waals surface area (Å²) in [5, 5.41) is 9.73. The van der Waals surface area contributed by atoms with Crippen molar-refractivity contribution in [2.24, 2.45) is 5.92 Å². The number of hydrogen-bond donors (Lipinski definition) is 2. The van der Waals surface area contributed by atoms with E-state index in [1.54, 1.807) is 18.4 Å². The Kier molecular flexibility index (Phi) is 6.27. The average Bonchev–Trinajstić information content (AvgIpc) is 3.13. The molecule has 2 aromatic rings. The third kappa shape index (κ3) is 4.81. The van der Waals surface area contributed by atoms with E-state index in [1.807, 2.05) is 13.8 Å². The zero-order chi connectivity index (χ0) is 17.0. The van der Waals surface area contributed by atoms with Crippen molar-refractivity contribution < 1.29 is 17.9 Å². The van der Waals surface area contributed by atoms with Gasteiger partial charge in [0.15, 0.2) is 0 Å². The van der Waals surface area contributed by atoms with Crippen LogP contribution in [0.15, 0.2) is 39.2 Å². The van der Waals surface area contributed by atoms with Crippen LogP contribution < -0.4 is 4.72 Å². The lowest BCUT2D eigenvalue weighted by Crippen LogP contribution is -2.42. The highest BCUT2D eigenvalue weighted by Gasteiger charge is 2.30. The first-order valence-corrected chi connectivity index (χ1v) is 9.93. The molecule has 0 aliphatic carbocycles. The fourth-order valence-corrected chi connectivity index (χ4v) is 5.20. The molecule has 128 valence electrons. The van der Waals surface area contributed by atoms with Crippen molar-refractivity contribution in [3.8, 4) is 0 Å². The lowest BCUT2D eigenvalue weighted by Gasteiger charge is -2.26. The zero-order valence-electron chi connectivity index (χ0n) is 12.9. The Labute approximate surface area is 145 Å². The van der Waals surface area contributed by atoms with Crippen molar-refractivity contribution in [2.75, 3.05) is 6.61 Å². The van der Waals surface area contributed by atoms with Gasteiger partial charge >= 0.3 is 0 Å². The molecule has 0 radical (unpaired) electrons. The van der Waals surface area contributed by atoms with E-state index in [4.69, 9.17) is 16.0 Å². The van der Waals surface area contributed by atoms with E-state index >= 15 is 0 Å². The second-order valence-corrected chi connectivity index (χ2v) is 9.38. The Bertz CT molecular complexity index is 710. The predicted molar refractivity (Wildman–Crippen MR) is 91.4 cm³/mol. The Morgan fingerprint density at radius 2 is 2.09 bits per heavy atom. The maximum absolute atomic E-state index is 12.5. The summed E-state index contributed by atoms with van der Waals surface area (Å²) in [5.41, 5.74) is 0. The molecule has 2 atom stereocenters. The first-order valence-electron chi connectivity index (χ1n) is 7.25. The summed E-state index contributed by atoms with van der Waals surface area (Å²) < 4.78 is 33.5. The van der Waals surface area contributed by atoms with E-state index in [-0.39, 0.29) is 16.7 Å². The smallest absolute Gasteiger partial charge is 0.250 e. The van der Waals surface area contributed by atoms with Crippen LogP contribution in [0.25, 0.3) is 0 Å². The summed E-state index contributed by atoms with van der Waals surface area (Å²) in [6.07, 6.45) is 2.23. The van der Waals surface area contributed by atoms with Gasteiger partial charge in [-0.15, -0.1) is 11.3 Å². The maximum atomic E-state index is 12.5. The fraction of sp³-hybridized carbons (Fsp3) is 0.467. The van der Waals surface area contributed by atoms with Crippen LogP contribution in [0, 0.1) is 5.92 Å². The summed E-state index contributed by atoms with van der Waals surface area (Å²) in [7, 11) is -3.74. The molecule has 0 aromatic carbocycles. The number of aliphatic hydroxyl groups is 1. The molecule has 0 bridgehead atoms. The minimum absolute atomic E-state index is 0.128. The van der Waals surface area contributed by atoms with Gasteiger partial charge in [0.25, 0.3) is 0 Å². The molecule has 2 rings (SSSR count). The normalized spacial score (nSPS) is 15.0. The van der Waals surface area contributed by atoms with Crippen LogP contribution in [-0.2, 0) is 10.0 Å². The van der Waals surface area contributed by atoms with Crippen molar-refractivity contribution in [3.05, 3.63) is 40.6 Å². The molecule has 2 heterocycles.